The van der Waals surface area contributed by atoms with Crippen LogP contribution in [0.5, 0.6) is 0 Å². The van der Waals surface area contributed by atoms with E-state index in [1.54, 1.807) is 12.4 Å². The van der Waals surface area contributed by atoms with Crippen molar-refractivity contribution in [3.8, 4) is 0 Å². The summed E-state index contributed by atoms with van der Waals surface area (Å²) in [4.78, 5) is 16.0. The van der Waals surface area contributed by atoms with Crippen LogP contribution in [0.25, 0.3) is 0 Å². The van der Waals surface area contributed by atoms with Crippen molar-refractivity contribution in [2.24, 2.45) is 5.92 Å². The topological polar surface area (TPSA) is 30.0 Å². The highest BCUT2D eigenvalue weighted by molar-refractivity contribution is 7.99. The van der Waals surface area contributed by atoms with E-state index >= 15 is 0 Å². The molecule has 1 aliphatic rings. The van der Waals surface area contributed by atoms with Gasteiger partial charge in [-0.25, -0.2) is 0 Å². The Hall–Kier alpha value is -0.830. The molecule has 1 unspecified atom stereocenters. The second kappa shape index (κ2) is 4.13. The molecule has 3 heteroatoms. The number of pyridine rings is 1. The van der Waals surface area contributed by atoms with Gasteiger partial charge in [0.15, 0.2) is 5.78 Å². The van der Waals surface area contributed by atoms with E-state index in [1.165, 1.54) is 0 Å². The van der Waals surface area contributed by atoms with Crippen molar-refractivity contribution in [1.29, 1.82) is 0 Å². The molecule has 0 amide bonds. The first-order valence-electron chi connectivity index (χ1n) is 4.81. The molecular weight excluding hydrogens is 194 g/mol. The lowest BCUT2D eigenvalue weighted by Crippen LogP contribution is -2.14. The zero-order valence-electron chi connectivity index (χ0n) is 8.19. The maximum Gasteiger partial charge on any atom is 0.168 e. The van der Waals surface area contributed by atoms with E-state index in [0.29, 0.717) is 0 Å². The van der Waals surface area contributed by atoms with Gasteiger partial charge in [-0.05, 0) is 30.7 Å². The molecule has 0 radical (unpaired) electrons. The van der Waals surface area contributed by atoms with Gasteiger partial charge in [0, 0.05) is 29.6 Å². The molecule has 1 aliphatic heterocycles. The molecule has 1 aromatic heterocycles. The molecule has 0 spiro atoms. The minimum atomic E-state index is 0.226. The van der Waals surface area contributed by atoms with Gasteiger partial charge in [0.05, 0.1) is 0 Å². The van der Waals surface area contributed by atoms with Gasteiger partial charge in [-0.1, -0.05) is 0 Å². The molecule has 1 fully saturated rings. The van der Waals surface area contributed by atoms with Crippen molar-refractivity contribution >= 4 is 17.5 Å². The monoisotopic (exact) mass is 207 g/mol. The summed E-state index contributed by atoms with van der Waals surface area (Å²) in [5.41, 5.74) is 1.83. The highest BCUT2D eigenvalue weighted by Gasteiger charge is 2.24. The maximum atomic E-state index is 11.9. The molecule has 2 heterocycles. The summed E-state index contributed by atoms with van der Waals surface area (Å²) in [6.45, 7) is 1.97. The number of aryl methyl sites for hydroxylation is 1. The minimum absolute atomic E-state index is 0.226. The fourth-order valence-electron chi connectivity index (χ4n) is 1.67. The average molecular weight is 207 g/mol. The van der Waals surface area contributed by atoms with Crippen molar-refractivity contribution in [1.82, 2.24) is 4.98 Å². The van der Waals surface area contributed by atoms with E-state index in [9.17, 15) is 4.79 Å². The summed E-state index contributed by atoms with van der Waals surface area (Å²) in [6.07, 6.45) is 4.48. The van der Waals surface area contributed by atoms with Crippen LogP contribution in [-0.4, -0.2) is 22.3 Å². The van der Waals surface area contributed by atoms with Gasteiger partial charge in [-0.15, -0.1) is 0 Å². The minimum Gasteiger partial charge on any atom is -0.294 e. The van der Waals surface area contributed by atoms with Crippen LogP contribution in [0.15, 0.2) is 18.5 Å². The van der Waals surface area contributed by atoms with Gasteiger partial charge in [-0.3, -0.25) is 9.78 Å². The van der Waals surface area contributed by atoms with Crippen LogP contribution in [0.3, 0.4) is 0 Å². The maximum absolute atomic E-state index is 11.9. The Morgan fingerprint density at radius 2 is 2.43 bits per heavy atom. The molecule has 1 aromatic rings. The van der Waals surface area contributed by atoms with E-state index in [2.05, 4.69) is 4.98 Å². The Balaban J connectivity index is 2.17. The predicted molar refractivity (Wildman–Crippen MR) is 58.7 cm³/mol. The fourth-order valence-corrected chi connectivity index (χ4v) is 2.89. The molecule has 14 heavy (non-hydrogen) atoms. The second-order valence-corrected chi connectivity index (χ2v) is 4.83. The predicted octanol–water partition coefficient (Wildman–Crippen LogP) is 2.33. The van der Waals surface area contributed by atoms with Crippen LogP contribution in [0.2, 0.25) is 0 Å². The molecule has 0 bridgehead atoms. The van der Waals surface area contributed by atoms with Crippen molar-refractivity contribution in [2.45, 2.75) is 13.3 Å². The molecule has 74 valence electrons. The van der Waals surface area contributed by atoms with Gasteiger partial charge in [0.25, 0.3) is 0 Å². The van der Waals surface area contributed by atoms with Crippen LogP contribution in [0, 0.1) is 12.8 Å². The Kier molecular flexibility index (Phi) is 2.87. The smallest absolute Gasteiger partial charge is 0.168 e. The Labute approximate surface area is 88.1 Å². The SMILES string of the molecule is Cc1cncc(C(=O)C2CCSC2)c1. The van der Waals surface area contributed by atoms with E-state index in [0.717, 1.165) is 29.1 Å². The van der Waals surface area contributed by atoms with Gasteiger partial charge >= 0.3 is 0 Å². The summed E-state index contributed by atoms with van der Waals surface area (Å²) in [6, 6.07) is 1.93. The van der Waals surface area contributed by atoms with E-state index < -0.39 is 0 Å². The number of ketones is 1. The number of hydrogen-bond acceptors (Lipinski definition) is 3. The molecule has 2 nitrogen and oxygen atoms in total. The number of aromatic nitrogens is 1. The van der Waals surface area contributed by atoms with E-state index in [4.69, 9.17) is 0 Å². The van der Waals surface area contributed by atoms with Crippen LogP contribution >= 0.6 is 11.8 Å². The molecule has 0 N–H and O–H groups in total. The largest absolute Gasteiger partial charge is 0.294 e. The van der Waals surface area contributed by atoms with Gasteiger partial charge in [-0.2, -0.15) is 11.8 Å². The summed E-state index contributed by atoms with van der Waals surface area (Å²) in [5.74, 6) is 2.59. The van der Waals surface area contributed by atoms with Gasteiger partial charge in [0.1, 0.15) is 0 Å². The zero-order chi connectivity index (χ0) is 9.97. The third-order valence-corrected chi connectivity index (χ3v) is 3.62. The number of nitrogens with zero attached hydrogens (tertiary/aromatic N) is 1. The third-order valence-electron chi connectivity index (χ3n) is 2.46. The van der Waals surface area contributed by atoms with Crippen molar-refractivity contribution in [3.63, 3.8) is 0 Å². The highest BCUT2D eigenvalue weighted by Crippen LogP contribution is 2.26. The van der Waals surface area contributed by atoms with E-state index in [1.807, 2.05) is 24.8 Å². The van der Waals surface area contributed by atoms with E-state index in [-0.39, 0.29) is 11.7 Å². The first-order valence-corrected chi connectivity index (χ1v) is 5.96. The molecule has 1 saturated heterocycles. The lowest BCUT2D eigenvalue weighted by molar-refractivity contribution is 0.0933. The second-order valence-electron chi connectivity index (χ2n) is 3.68. The fraction of sp³-hybridized carbons (Fsp3) is 0.455. The summed E-state index contributed by atoms with van der Waals surface area (Å²) in [7, 11) is 0. The third kappa shape index (κ3) is 1.98. The van der Waals surface area contributed by atoms with Crippen molar-refractivity contribution in [2.75, 3.05) is 11.5 Å². The normalized spacial score (nSPS) is 21.1. The number of Topliss-reactive ketones (excluding diaryl/α,β-unsaturated/α-hetero) is 1. The van der Waals surface area contributed by atoms with Crippen LogP contribution in [-0.2, 0) is 0 Å². The molecular formula is C11H13NOS. The quantitative estimate of drug-likeness (QED) is 0.697. The molecule has 2 rings (SSSR count). The lowest BCUT2D eigenvalue weighted by atomic mass is 9.98. The zero-order valence-corrected chi connectivity index (χ0v) is 9.01. The number of thioether (sulfide) groups is 1. The number of carbonyl (C=O) groups is 1. The number of carbonyl (C=O) groups excluding carboxylic acids is 1. The Bertz CT molecular complexity index is 345. The summed E-state index contributed by atoms with van der Waals surface area (Å²) >= 11 is 1.87. The first-order chi connectivity index (χ1) is 6.77. The average Bonchev–Trinajstić information content (AvgIpc) is 2.69. The number of rotatable bonds is 2. The summed E-state index contributed by atoms with van der Waals surface area (Å²) < 4.78 is 0. The van der Waals surface area contributed by atoms with Gasteiger partial charge in [0.2, 0.25) is 0 Å². The van der Waals surface area contributed by atoms with Crippen molar-refractivity contribution in [3.05, 3.63) is 29.6 Å². The number of hydrogen-bond donors (Lipinski definition) is 0. The molecule has 0 aromatic carbocycles. The van der Waals surface area contributed by atoms with Crippen LogP contribution in [0.1, 0.15) is 22.3 Å². The Morgan fingerprint density at radius 1 is 1.57 bits per heavy atom. The van der Waals surface area contributed by atoms with Gasteiger partial charge < -0.3 is 0 Å². The van der Waals surface area contributed by atoms with Crippen molar-refractivity contribution < 1.29 is 4.79 Å². The lowest BCUT2D eigenvalue weighted by Gasteiger charge is -2.06. The standard InChI is InChI=1S/C11H13NOS/c1-8-4-10(6-12-5-8)11(13)9-2-3-14-7-9/h4-6,9H,2-3,7H2,1H3. The molecule has 0 saturated carbocycles. The first kappa shape index (κ1) is 9.71. The molecule has 1 atom stereocenters. The van der Waals surface area contributed by atoms with Crippen LogP contribution < -0.4 is 0 Å². The summed E-state index contributed by atoms with van der Waals surface area (Å²) in [5, 5.41) is 0. The van der Waals surface area contributed by atoms with Crippen LogP contribution in [0.4, 0.5) is 0 Å². The molecule has 0 aliphatic carbocycles. The highest BCUT2D eigenvalue weighted by atomic mass is 32.2. The Morgan fingerprint density at radius 3 is 3.07 bits per heavy atom.